The molecular weight excluding hydrogens is 1650 g/mol. The number of fused-ring (bicyclic) bond motifs is 10. The van der Waals surface area contributed by atoms with E-state index in [1.54, 1.807) is 0 Å². The average molecular weight is 1820 g/mol. The smallest absolute Gasteiger partial charge is 0.252 e. The maximum absolute atomic E-state index is 10.3. The van der Waals surface area contributed by atoms with E-state index in [0.29, 0.717) is 35.1 Å². The van der Waals surface area contributed by atoms with Crippen LogP contribution in [0, 0.1) is 54.1 Å². The van der Waals surface area contributed by atoms with E-state index in [9.17, 15) is 11.0 Å². The van der Waals surface area contributed by atoms with E-state index in [1.165, 1.54) is 43.8 Å². The molecule has 2 aromatic heterocycles. The van der Waals surface area contributed by atoms with Gasteiger partial charge in [-0.3, -0.25) is 0 Å². The number of aromatic nitrogens is 2. The first-order valence-corrected chi connectivity index (χ1v) is 50.7. The Morgan fingerprint density at radius 1 is 0.226 bits per heavy atom. The molecule has 0 saturated heterocycles. The molecule has 710 valence electrons. The molecule has 5 heteroatoms. The van der Waals surface area contributed by atoms with Gasteiger partial charge >= 0.3 is 0 Å². The molecule has 0 saturated carbocycles. The fraction of sp³-hybridized carbons (Fsp3) is 0.409. The second-order valence-corrected chi connectivity index (χ2v) is 53.2. The van der Waals surface area contributed by atoms with Crippen LogP contribution in [0.4, 0.5) is 34.1 Å². The fourth-order valence-corrected chi connectivity index (χ4v) is 21.8. The molecule has 0 bridgehead atoms. The van der Waals surface area contributed by atoms with Gasteiger partial charge in [0, 0.05) is 88.9 Å². The Morgan fingerprint density at radius 3 is 0.708 bits per heavy atom. The Balaban J connectivity index is 1.12. The third-order valence-corrected chi connectivity index (χ3v) is 26.2. The van der Waals surface area contributed by atoms with E-state index in [4.69, 9.17) is 0 Å². The molecular formula is C132H159BN4. The Bertz CT molecular complexity index is 6830. The summed E-state index contributed by atoms with van der Waals surface area (Å²) in [7, 11) is 0. The lowest BCUT2D eigenvalue weighted by molar-refractivity contribution is 0.410. The molecule has 0 aliphatic carbocycles. The molecule has 137 heavy (non-hydrogen) atoms. The molecule has 0 fully saturated rings. The summed E-state index contributed by atoms with van der Waals surface area (Å²) >= 11 is 0. The maximum atomic E-state index is 10.3. The van der Waals surface area contributed by atoms with Gasteiger partial charge in [0.25, 0.3) is 6.71 Å². The minimum atomic E-state index is -1.81. The normalized spacial score (nSPS) is 15.1. The molecule has 17 rings (SSSR count). The summed E-state index contributed by atoms with van der Waals surface area (Å²) in [6.07, 6.45) is -2.32. The van der Waals surface area contributed by atoms with Crippen LogP contribution in [-0.4, -0.2) is 15.8 Å². The van der Waals surface area contributed by atoms with Gasteiger partial charge < -0.3 is 18.9 Å². The van der Waals surface area contributed by atoms with Crippen LogP contribution < -0.4 is 26.2 Å². The van der Waals surface area contributed by atoms with Crippen LogP contribution in [0.15, 0.2) is 243 Å². The summed E-state index contributed by atoms with van der Waals surface area (Å²) in [6.45, 7) is 72.1. The highest BCUT2D eigenvalue weighted by molar-refractivity contribution is 7.00. The van der Waals surface area contributed by atoms with Crippen molar-refractivity contribution in [2.24, 2.45) is 54.1 Å². The molecule has 2 aliphatic heterocycles. The minimum Gasteiger partial charge on any atom is -0.310 e. The second-order valence-electron chi connectivity index (χ2n) is 53.2. The monoisotopic (exact) mass is 1820 g/mol. The maximum Gasteiger partial charge on any atom is 0.252 e. The first kappa shape index (κ1) is 87.6. The summed E-state index contributed by atoms with van der Waals surface area (Å²) in [5.74, 6) is 0. The molecule has 0 unspecified atom stereocenters. The lowest BCUT2D eigenvalue weighted by atomic mass is 9.33. The molecule has 15 aromatic rings. The van der Waals surface area contributed by atoms with Crippen LogP contribution in [0.3, 0.4) is 0 Å². The van der Waals surface area contributed by atoms with Crippen molar-refractivity contribution in [1.82, 2.24) is 9.13 Å². The van der Waals surface area contributed by atoms with E-state index in [1.807, 2.05) is 132 Å². The summed E-state index contributed by atoms with van der Waals surface area (Å²) in [5.41, 5.74) is 28.0. The van der Waals surface area contributed by atoms with Crippen molar-refractivity contribution in [3.05, 3.63) is 304 Å². The van der Waals surface area contributed by atoms with Crippen LogP contribution in [0.5, 0.6) is 0 Å². The van der Waals surface area contributed by atoms with Gasteiger partial charge in [-0.15, -0.1) is 0 Å². The van der Waals surface area contributed by atoms with Gasteiger partial charge in [-0.1, -0.05) is 362 Å². The molecule has 0 amide bonds. The fourth-order valence-electron chi connectivity index (χ4n) is 21.8. The quantitative estimate of drug-likeness (QED) is 0.0796. The topological polar surface area (TPSA) is 16.3 Å². The number of benzene rings is 13. The molecule has 4 heterocycles. The largest absolute Gasteiger partial charge is 0.310 e. The first-order chi connectivity index (χ1) is 66.7. The number of rotatable bonds is 18. The van der Waals surface area contributed by atoms with Crippen LogP contribution in [0.2, 0.25) is 0 Å². The lowest BCUT2D eigenvalue weighted by Gasteiger charge is -2.46. The summed E-state index contributed by atoms with van der Waals surface area (Å²) in [5, 5.41) is 4.76. The van der Waals surface area contributed by atoms with E-state index in [-0.39, 0.29) is 32.5 Å². The Kier molecular flexibility index (Phi) is 22.5. The SMILES string of the molecule is [2H]C([2H])(c1cccc(-c2cc(CC(C)(C)C)cc(-c3cccc(C([2H])([2H])C(C)(C)C)c3)c2N2c3cc(-n4c5ccc(CC(C)(C)C)cc5c5cc(CC(C)(C)C)ccc54)ccc3B3c4ccc(-n5c6ccc(CC(C)(C)C)cc6c6cc(CC(C)(C)C)ccc65)cc4N(c4c(-c5cccc(C([2H])([2H])C(C)(C)C)c5)cc(CC(C)(C)C)cc4-c4cccc(C([2H])([2H])C(C)(C)C)c4)c4cc(C(C)(C)C)cc2c43)c1)C(C)(C)C. The Labute approximate surface area is 837 Å². The van der Waals surface area contributed by atoms with E-state index >= 15 is 0 Å². The molecule has 13 aromatic carbocycles. The van der Waals surface area contributed by atoms with Gasteiger partial charge in [0.05, 0.1) is 33.4 Å². The number of hydrogen-bond donors (Lipinski definition) is 0. The summed E-state index contributed by atoms with van der Waals surface area (Å²) in [4.78, 5) is 5.23. The van der Waals surface area contributed by atoms with Crippen LogP contribution >= 0.6 is 0 Å². The van der Waals surface area contributed by atoms with Crippen LogP contribution in [-0.2, 0) is 69.4 Å². The van der Waals surface area contributed by atoms with Gasteiger partial charge in [0.15, 0.2) is 0 Å². The standard InChI is InChI=1S/C132H159BN4/c1-122(2,3)74-84-38-34-42-94(58-84)101-66-92(82-130(25,26)27)67-102(95-43-35-39-85(59-95)75-123(4,5)6)120(101)136-115-72-99(134-111-54-46-88(78-126(13,14)15)62-105(111)106-63-89(47-55-112(106)134)79-127(16,17)18)50-52-109(115)133-110-53-51-100(135-113-56-48-90(80-128(19,20)21)64-107(113)108-65-91(49-57-114(108)135)81-129(22,23)24)73-116(110)137(118-71-98(132(31,32)33)70-117(136)119(118)133)121-103(96-44-36-40-86(60-96)76-124(7,8)9)68-93(83-131(28,29)30)69-104(121)97-45-37-41-87(61-97)77-125(10,11)12/h34-73H,74-83H2,1-33H3/i74D2,75D2,76D2,77D2. The predicted molar refractivity (Wildman–Crippen MR) is 601 cm³/mol. The van der Waals surface area contributed by atoms with Gasteiger partial charge in [-0.2, -0.15) is 0 Å². The van der Waals surface area contributed by atoms with Gasteiger partial charge in [0.2, 0.25) is 0 Å². The van der Waals surface area contributed by atoms with Gasteiger partial charge in [-0.05, 0) is 333 Å². The van der Waals surface area contributed by atoms with Gasteiger partial charge in [-0.25, -0.2) is 0 Å². The van der Waals surface area contributed by atoms with Crippen molar-refractivity contribution in [2.45, 2.75) is 298 Å². The molecule has 0 spiro atoms. The zero-order valence-electron chi connectivity index (χ0n) is 97.2. The summed E-state index contributed by atoms with van der Waals surface area (Å²) in [6, 6.07) is 91.2. The average Bonchev–Trinajstić information content (AvgIpc) is 1.35. The van der Waals surface area contributed by atoms with E-state index < -0.39 is 59.3 Å². The second kappa shape index (κ2) is 35.2. The van der Waals surface area contributed by atoms with Crippen molar-refractivity contribution in [3.63, 3.8) is 0 Å². The number of anilines is 6. The third kappa shape index (κ3) is 21.8. The van der Waals surface area contributed by atoms with Crippen LogP contribution in [0.1, 0.15) is 301 Å². The molecule has 4 nitrogen and oxygen atoms in total. The first-order valence-electron chi connectivity index (χ1n) is 54.7. The highest BCUT2D eigenvalue weighted by Gasteiger charge is 2.47. The zero-order valence-corrected chi connectivity index (χ0v) is 89.2. The Morgan fingerprint density at radius 2 is 0.474 bits per heavy atom. The number of hydrogen-bond acceptors (Lipinski definition) is 2. The molecule has 0 radical (unpaired) electrons. The predicted octanol–water partition coefficient (Wildman–Crippen LogP) is 35.8. The molecule has 2 aliphatic rings. The van der Waals surface area contributed by atoms with Crippen molar-refractivity contribution < 1.29 is 11.0 Å². The van der Waals surface area contributed by atoms with Crippen molar-refractivity contribution in [3.8, 4) is 55.9 Å². The van der Waals surface area contributed by atoms with Crippen molar-refractivity contribution in [1.29, 1.82) is 0 Å². The minimum absolute atomic E-state index is 0.0128. The van der Waals surface area contributed by atoms with Crippen molar-refractivity contribution >= 4 is 101 Å². The summed E-state index contributed by atoms with van der Waals surface area (Å²) < 4.78 is 87.3. The van der Waals surface area contributed by atoms with Crippen LogP contribution in [0.25, 0.3) is 99.5 Å². The van der Waals surface area contributed by atoms with E-state index in [0.717, 1.165) is 171 Å². The van der Waals surface area contributed by atoms with Crippen molar-refractivity contribution in [2.75, 3.05) is 9.80 Å². The number of nitrogens with zero attached hydrogens (tertiary/aromatic N) is 4. The highest BCUT2D eigenvalue weighted by Crippen LogP contribution is 2.57. The zero-order chi connectivity index (χ0) is 106. The Hall–Kier alpha value is -10.9. The van der Waals surface area contributed by atoms with Gasteiger partial charge in [0.1, 0.15) is 0 Å². The highest BCUT2D eigenvalue weighted by atomic mass is 15.2. The molecule has 0 N–H and O–H groups in total. The van der Waals surface area contributed by atoms with E-state index in [2.05, 4.69) is 358 Å². The lowest BCUT2D eigenvalue weighted by Crippen LogP contribution is -2.61. The molecule has 0 atom stereocenters. The third-order valence-electron chi connectivity index (χ3n) is 26.2.